The monoisotopic (exact) mass is 220 g/mol. The summed E-state index contributed by atoms with van der Waals surface area (Å²) in [5.41, 5.74) is 1.80. The van der Waals surface area contributed by atoms with E-state index >= 15 is 0 Å². The molecule has 0 heterocycles. The van der Waals surface area contributed by atoms with Gasteiger partial charge in [-0.05, 0) is 31.2 Å². The summed E-state index contributed by atoms with van der Waals surface area (Å²) in [6.07, 6.45) is 1.22. The van der Waals surface area contributed by atoms with Crippen LogP contribution in [0.5, 0.6) is 0 Å². The molecule has 0 aromatic heterocycles. The van der Waals surface area contributed by atoms with Crippen LogP contribution in [0.2, 0.25) is 0 Å². The molecular weight excluding hydrogens is 202 g/mol. The van der Waals surface area contributed by atoms with Gasteiger partial charge in [-0.2, -0.15) is 0 Å². The molecule has 86 valence electrons. The highest BCUT2D eigenvalue weighted by molar-refractivity contribution is 5.93. The molecule has 0 spiro atoms. The number of carbonyl (C=O) groups excluding carboxylic acids is 1. The highest BCUT2D eigenvalue weighted by atomic mass is 16.3. The lowest BCUT2D eigenvalue weighted by Gasteiger charge is -2.23. The predicted molar refractivity (Wildman–Crippen MR) is 67.3 cm³/mol. The maximum Gasteiger partial charge on any atom is 0.156 e. The summed E-state index contributed by atoms with van der Waals surface area (Å²) in [5.74, 6) is -0.145. The van der Waals surface area contributed by atoms with E-state index in [1.54, 1.807) is 0 Å². The van der Waals surface area contributed by atoms with Crippen molar-refractivity contribution in [2.24, 2.45) is 0 Å². The molecule has 1 aromatic rings. The molecule has 0 atom stereocenters. The van der Waals surface area contributed by atoms with Crippen molar-refractivity contribution in [2.75, 3.05) is 21.1 Å². The first-order chi connectivity index (χ1) is 7.30. The zero-order chi connectivity index (χ0) is 12.3. The van der Waals surface area contributed by atoms with Crippen LogP contribution in [0.3, 0.4) is 0 Å². The number of ketones is 1. The smallest absolute Gasteiger partial charge is 0.156 e. The zero-order valence-electron chi connectivity index (χ0n) is 10.2. The maximum absolute atomic E-state index is 10.8. The van der Waals surface area contributed by atoms with Crippen LogP contribution < -0.4 is 4.48 Å². The summed E-state index contributed by atoms with van der Waals surface area (Å²) < 4.78 is 0.720. The highest BCUT2D eigenvalue weighted by Crippen LogP contribution is 2.20. The molecule has 0 unspecified atom stereocenters. The minimum atomic E-state index is -0.159. The Morgan fingerprint density at radius 2 is 1.69 bits per heavy atom. The minimum absolute atomic E-state index is 0.0143. The van der Waals surface area contributed by atoms with E-state index in [9.17, 15) is 9.90 Å². The van der Waals surface area contributed by atoms with Gasteiger partial charge in [-0.15, -0.1) is 0 Å². The van der Waals surface area contributed by atoms with Gasteiger partial charge in [-0.3, -0.25) is 9.28 Å². The Balaban J connectivity index is 3.00. The van der Waals surface area contributed by atoms with Gasteiger partial charge in [-0.1, -0.05) is 0 Å². The normalized spacial score (nSPS) is 12.6. The lowest BCUT2D eigenvalue weighted by atomic mass is 10.1. The summed E-state index contributed by atoms with van der Waals surface area (Å²) >= 11 is 0. The first kappa shape index (κ1) is 12.5. The number of benzene rings is 1. The van der Waals surface area contributed by atoms with Crippen molar-refractivity contribution in [3.8, 4) is 0 Å². The molecule has 0 saturated carbocycles. The summed E-state index contributed by atoms with van der Waals surface area (Å²) in [7, 11) is 6.21. The molecule has 0 aliphatic rings. The van der Waals surface area contributed by atoms with E-state index in [1.165, 1.54) is 13.0 Å². The molecule has 0 aliphatic heterocycles. The molecule has 0 aliphatic carbocycles. The van der Waals surface area contributed by atoms with Crippen molar-refractivity contribution >= 4 is 17.2 Å². The zero-order valence-corrected chi connectivity index (χ0v) is 10.2. The maximum atomic E-state index is 10.8. The topological polar surface area (TPSA) is 37.3 Å². The standard InChI is InChI=1S/C13H17NO2/c1-10(15)9-13(16)11-5-7-12(8-6-11)14(2,3)4/h5-9H,1-4H3/p+1. The third kappa shape index (κ3) is 3.21. The molecule has 1 aromatic carbocycles. The van der Waals surface area contributed by atoms with Crippen molar-refractivity contribution in [2.45, 2.75) is 6.92 Å². The van der Waals surface area contributed by atoms with Gasteiger partial charge < -0.3 is 5.11 Å². The van der Waals surface area contributed by atoms with Crippen LogP contribution in [0.15, 0.2) is 30.3 Å². The molecule has 0 radical (unpaired) electrons. The van der Waals surface area contributed by atoms with Gasteiger partial charge in [-0.25, -0.2) is 0 Å². The van der Waals surface area contributed by atoms with E-state index in [-0.39, 0.29) is 11.5 Å². The minimum Gasteiger partial charge on any atom is -0.507 e. The number of hydrogen-bond acceptors (Lipinski definition) is 2. The Kier molecular flexibility index (Phi) is 3.50. The molecule has 0 fully saturated rings. The van der Waals surface area contributed by atoms with Gasteiger partial charge in [0, 0.05) is 11.6 Å². The second-order valence-electron chi connectivity index (χ2n) is 4.70. The van der Waals surface area contributed by atoms with Gasteiger partial charge in [0.05, 0.1) is 21.1 Å². The second kappa shape index (κ2) is 4.49. The van der Waals surface area contributed by atoms with Crippen LogP contribution in [0.25, 0.3) is 5.76 Å². The van der Waals surface area contributed by atoms with Crippen molar-refractivity contribution in [3.63, 3.8) is 0 Å². The molecule has 0 saturated heterocycles. The molecule has 1 N–H and O–H groups in total. The molecule has 0 bridgehead atoms. The number of aliphatic hydroxyl groups is 1. The number of hydrogen-bond donors (Lipinski definition) is 1. The average Bonchev–Trinajstić information content (AvgIpc) is 2.15. The number of carbonyl (C=O) groups is 1. The Labute approximate surface area is 96.2 Å². The van der Waals surface area contributed by atoms with Crippen LogP contribution in [0, 0.1) is 0 Å². The number of aliphatic hydroxyl groups excluding tert-OH is 1. The van der Waals surface area contributed by atoms with Crippen molar-refractivity contribution in [1.29, 1.82) is 0 Å². The summed E-state index contributed by atoms with van der Waals surface area (Å²) in [4.78, 5) is 10.8. The van der Waals surface area contributed by atoms with Gasteiger partial charge in [0.2, 0.25) is 0 Å². The van der Waals surface area contributed by atoms with Crippen LogP contribution in [0.1, 0.15) is 12.5 Å². The SMILES string of the molecule is CC(=O)C=C(O)c1ccc([N+](C)(C)C)cc1. The molecule has 1 rings (SSSR count). The van der Waals surface area contributed by atoms with E-state index in [2.05, 4.69) is 21.1 Å². The first-order valence-corrected chi connectivity index (χ1v) is 5.14. The largest absolute Gasteiger partial charge is 0.507 e. The first-order valence-electron chi connectivity index (χ1n) is 5.14. The Bertz CT molecular complexity index is 411. The molecular formula is C13H18NO2+. The molecule has 3 nitrogen and oxygen atoms in total. The van der Waals surface area contributed by atoms with Gasteiger partial charge in [0.25, 0.3) is 0 Å². The molecule has 3 heteroatoms. The Hall–Kier alpha value is -1.61. The fourth-order valence-electron chi connectivity index (χ4n) is 1.36. The highest BCUT2D eigenvalue weighted by Gasteiger charge is 2.11. The third-order valence-corrected chi connectivity index (χ3v) is 2.28. The number of nitrogens with zero attached hydrogens (tertiary/aromatic N) is 1. The van der Waals surface area contributed by atoms with Crippen molar-refractivity contribution in [1.82, 2.24) is 4.48 Å². The van der Waals surface area contributed by atoms with Crippen molar-refractivity contribution < 1.29 is 9.90 Å². The summed E-state index contributed by atoms with van der Waals surface area (Å²) in [6, 6.07) is 7.51. The van der Waals surface area contributed by atoms with Gasteiger partial charge >= 0.3 is 0 Å². The lowest BCUT2D eigenvalue weighted by Crippen LogP contribution is -2.34. The van der Waals surface area contributed by atoms with E-state index in [0.717, 1.165) is 10.2 Å². The third-order valence-electron chi connectivity index (χ3n) is 2.28. The predicted octanol–water partition coefficient (Wildman–Crippen LogP) is 2.37. The fourth-order valence-corrected chi connectivity index (χ4v) is 1.36. The quantitative estimate of drug-likeness (QED) is 0.482. The Morgan fingerprint density at radius 1 is 1.19 bits per heavy atom. The van der Waals surface area contributed by atoms with Gasteiger partial charge in [0.1, 0.15) is 11.4 Å². The summed E-state index contributed by atoms with van der Waals surface area (Å²) in [6.45, 7) is 1.41. The number of rotatable bonds is 3. The van der Waals surface area contributed by atoms with Gasteiger partial charge in [0.15, 0.2) is 5.78 Å². The van der Waals surface area contributed by atoms with Crippen LogP contribution in [-0.4, -0.2) is 32.0 Å². The molecule has 0 amide bonds. The van der Waals surface area contributed by atoms with E-state index in [4.69, 9.17) is 0 Å². The molecule has 16 heavy (non-hydrogen) atoms. The van der Waals surface area contributed by atoms with E-state index in [0.29, 0.717) is 5.56 Å². The Morgan fingerprint density at radius 3 is 2.06 bits per heavy atom. The number of allylic oxidation sites excluding steroid dienone is 1. The van der Waals surface area contributed by atoms with Crippen molar-refractivity contribution in [3.05, 3.63) is 35.9 Å². The van der Waals surface area contributed by atoms with Crippen LogP contribution in [0.4, 0.5) is 5.69 Å². The van der Waals surface area contributed by atoms with Crippen LogP contribution in [-0.2, 0) is 4.79 Å². The number of quaternary nitrogens is 1. The van der Waals surface area contributed by atoms with E-state index in [1.807, 2.05) is 24.3 Å². The average molecular weight is 220 g/mol. The van der Waals surface area contributed by atoms with E-state index < -0.39 is 0 Å². The lowest BCUT2D eigenvalue weighted by molar-refractivity contribution is -0.112. The second-order valence-corrected chi connectivity index (χ2v) is 4.70. The summed E-state index contributed by atoms with van der Waals surface area (Å²) in [5, 5.41) is 9.62. The fraction of sp³-hybridized carbons (Fsp3) is 0.308. The van der Waals surface area contributed by atoms with Crippen LogP contribution >= 0.6 is 0 Å².